The van der Waals surface area contributed by atoms with E-state index in [1.165, 1.54) is 141 Å². The third-order valence-electron chi connectivity index (χ3n) is 12.8. The van der Waals surface area contributed by atoms with Gasteiger partial charge in [0.05, 0.1) is 6.61 Å². The molecule has 0 aromatic carbocycles. The predicted octanol–water partition coefficient (Wildman–Crippen LogP) is 12.0. The highest BCUT2D eigenvalue weighted by Gasteiger charge is 2.51. The fraction of sp³-hybridized carbons (Fsp3) is 0.887. The van der Waals surface area contributed by atoms with Gasteiger partial charge in [-0.05, 0) is 38.5 Å². The van der Waals surface area contributed by atoms with E-state index in [1.807, 2.05) is 0 Å². The van der Waals surface area contributed by atoms with Crippen LogP contribution in [0.5, 0.6) is 0 Å². The van der Waals surface area contributed by atoms with Crippen molar-refractivity contribution in [3.8, 4) is 0 Å². The molecule has 6 unspecified atom stereocenters. The van der Waals surface area contributed by atoms with Gasteiger partial charge in [0, 0.05) is 12.8 Å². The van der Waals surface area contributed by atoms with Gasteiger partial charge in [0.1, 0.15) is 43.2 Å². The van der Waals surface area contributed by atoms with Crippen molar-refractivity contribution in [2.45, 2.75) is 288 Å². The molecule has 0 aromatic heterocycles. The first-order valence-corrected chi connectivity index (χ1v) is 28.6. The molecule has 6 N–H and O–H groups in total. The number of allylic oxidation sites excluding steroid dienone is 4. The smallest absolute Gasteiger partial charge is 0.462 e. The average Bonchev–Trinajstić information content (AvgIpc) is 3.31. The summed E-state index contributed by atoms with van der Waals surface area (Å²) in [6.45, 7) is 3.29. The fourth-order valence-electron chi connectivity index (χ4n) is 8.42. The van der Waals surface area contributed by atoms with Crippen molar-refractivity contribution in [2.24, 2.45) is 0 Å². The first kappa shape index (κ1) is 63.3. The first-order chi connectivity index (χ1) is 32.4. The minimum atomic E-state index is -5.12. The lowest BCUT2D eigenvalue weighted by molar-refractivity contribution is -0.220. The summed E-state index contributed by atoms with van der Waals surface area (Å²) in [5, 5.41) is 50.3. The lowest BCUT2D eigenvalue weighted by Crippen LogP contribution is -2.64. The molecule has 394 valence electrons. The number of hydrogen-bond donors (Lipinski definition) is 6. The van der Waals surface area contributed by atoms with Gasteiger partial charge in [0.2, 0.25) is 0 Å². The summed E-state index contributed by atoms with van der Waals surface area (Å²) >= 11 is 0. The zero-order valence-electron chi connectivity index (χ0n) is 42.2. The Morgan fingerprint density at radius 3 is 1.25 bits per heavy atom. The van der Waals surface area contributed by atoms with Crippen LogP contribution in [0.4, 0.5) is 0 Å². The van der Waals surface area contributed by atoms with Crippen LogP contribution in [-0.2, 0) is 32.7 Å². The molecule has 0 amide bonds. The van der Waals surface area contributed by atoms with E-state index in [1.54, 1.807) is 0 Å². The van der Waals surface area contributed by atoms with Crippen LogP contribution in [0.15, 0.2) is 24.3 Å². The summed E-state index contributed by atoms with van der Waals surface area (Å²) in [4.78, 5) is 35.8. The van der Waals surface area contributed by atoms with Crippen molar-refractivity contribution < 1.29 is 63.1 Å². The number of rotatable bonds is 46. The zero-order chi connectivity index (χ0) is 49.2. The molecule has 14 heteroatoms. The molecule has 0 saturated heterocycles. The second-order valence-corrected chi connectivity index (χ2v) is 20.5. The zero-order valence-corrected chi connectivity index (χ0v) is 43.1. The number of phosphoric acid groups is 1. The maximum absolute atomic E-state index is 12.8. The van der Waals surface area contributed by atoms with Gasteiger partial charge in [0.15, 0.2) is 6.10 Å². The van der Waals surface area contributed by atoms with Gasteiger partial charge in [-0.15, -0.1) is 0 Å². The summed E-state index contributed by atoms with van der Waals surface area (Å²) in [5.74, 6) is -1.10. The van der Waals surface area contributed by atoms with Crippen LogP contribution < -0.4 is 0 Å². The quantitative estimate of drug-likeness (QED) is 0.0145. The van der Waals surface area contributed by atoms with E-state index in [2.05, 4.69) is 38.2 Å². The normalized spacial score (nSPS) is 21.3. The largest absolute Gasteiger partial charge is 0.472 e. The van der Waals surface area contributed by atoms with Crippen LogP contribution in [0.3, 0.4) is 0 Å². The molecule has 1 aliphatic carbocycles. The SMILES string of the molecule is CCCC/C=C\C/C=C\CCCCCCCC(=O)OC(COC(=O)CCCCCCCCCCCCCCCCCCCCCCCCCC)COP(=O)(O)OC1C(O)C(O)C(O)C(O)C1O. The van der Waals surface area contributed by atoms with Crippen LogP contribution in [0, 0.1) is 0 Å². The van der Waals surface area contributed by atoms with Crippen LogP contribution in [0.2, 0.25) is 0 Å². The minimum Gasteiger partial charge on any atom is -0.462 e. The third-order valence-corrected chi connectivity index (χ3v) is 13.8. The van der Waals surface area contributed by atoms with E-state index in [0.717, 1.165) is 64.2 Å². The van der Waals surface area contributed by atoms with Crippen molar-refractivity contribution in [2.75, 3.05) is 13.2 Å². The van der Waals surface area contributed by atoms with Gasteiger partial charge in [-0.1, -0.05) is 218 Å². The fourth-order valence-corrected chi connectivity index (χ4v) is 9.40. The maximum atomic E-state index is 12.8. The van der Waals surface area contributed by atoms with Crippen molar-refractivity contribution >= 4 is 19.8 Å². The van der Waals surface area contributed by atoms with E-state index in [4.69, 9.17) is 18.5 Å². The molecule has 0 spiro atoms. The van der Waals surface area contributed by atoms with E-state index in [9.17, 15) is 44.6 Å². The van der Waals surface area contributed by atoms with Crippen LogP contribution in [0.1, 0.15) is 245 Å². The van der Waals surface area contributed by atoms with Crippen molar-refractivity contribution in [3.05, 3.63) is 24.3 Å². The van der Waals surface area contributed by atoms with E-state index < -0.39 is 75.7 Å². The number of carbonyl (C=O) groups excluding carboxylic acids is 2. The Hall–Kier alpha value is -1.67. The minimum absolute atomic E-state index is 0.0834. The van der Waals surface area contributed by atoms with Gasteiger partial charge in [0.25, 0.3) is 0 Å². The summed E-state index contributed by atoms with van der Waals surface area (Å²) in [7, 11) is -5.12. The lowest BCUT2D eigenvalue weighted by atomic mass is 9.85. The molecule has 1 rings (SSSR count). The number of aliphatic hydroxyl groups excluding tert-OH is 5. The maximum Gasteiger partial charge on any atom is 0.472 e. The Morgan fingerprint density at radius 2 is 0.821 bits per heavy atom. The Morgan fingerprint density at radius 1 is 0.463 bits per heavy atom. The predicted molar refractivity (Wildman–Crippen MR) is 267 cm³/mol. The van der Waals surface area contributed by atoms with E-state index in [0.29, 0.717) is 12.8 Å². The topological polar surface area (TPSA) is 210 Å². The molecule has 67 heavy (non-hydrogen) atoms. The first-order valence-electron chi connectivity index (χ1n) is 27.1. The molecule has 1 saturated carbocycles. The molecular weight excluding hydrogens is 876 g/mol. The van der Waals surface area contributed by atoms with Crippen molar-refractivity contribution in [1.29, 1.82) is 0 Å². The number of carbonyl (C=O) groups is 2. The highest BCUT2D eigenvalue weighted by Crippen LogP contribution is 2.47. The lowest BCUT2D eigenvalue weighted by Gasteiger charge is -2.41. The Labute approximate surface area is 406 Å². The molecular formula is C53H99O13P. The number of ether oxygens (including phenoxy) is 2. The summed E-state index contributed by atoms with van der Waals surface area (Å²) in [6.07, 6.45) is 36.7. The molecule has 13 nitrogen and oxygen atoms in total. The molecule has 6 atom stereocenters. The third kappa shape index (κ3) is 35.1. The molecule has 0 aliphatic heterocycles. The average molecular weight is 975 g/mol. The second kappa shape index (κ2) is 43.1. The Bertz CT molecular complexity index is 1270. The summed E-state index contributed by atoms with van der Waals surface area (Å²) in [5.41, 5.74) is 0. The monoisotopic (exact) mass is 975 g/mol. The van der Waals surface area contributed by atoms with Crippen LogP contribution in [0.25, 0.3) is 0 Å². The van der Waals surface area contributed by atoms with E-state index in [-0.39, 0.29) is 12.8 Å². The number of hydrogen-bond acceptors (Lipinski definition) is 12. The van der Waals surface area contributed by atoms with Gasteiger partial charge >= 0.3 is 19.8 Å². The number of aliphatic hydroxyl groups is 5. The standard InChI is InChI=1S/C53H99O13P/c1-3-5-7-9-11-13-15-17-19-20-21-22-23-24-25-26-27-28-30-31-33-35-37-39-41-46(54)63-43-45(44-64-67(61,62)66-53-51(59)49(57)48(56)50(58)52(53)60)65-47(55)42-40-38-36-34-32-29-18-16-14-12-10-8-6-4-2/h10,12,16,18,45,48-53,56-60H,3-9,11,13-15,17,19-44H2,1-2H3,(H,61,62)/b12-10-,18-16-. The Kier molecular flexibility index (Phi) is 40.8. The molecule has 0 aromatic rings. The number of esters is 2. The second-order valence-electron chi connectivity index (χ2n) is 19.1. The van der Waals surface area contributed by atoms with E-state index >= 15 is 0 Å². The molecule has 0 heterocycles. The number of phosphoric ester groups is 1. The molecule has 1 aliphatic rings. The van der Waals surface area contributed by atoms with Crippen LogP contribution in [-0.4, -0.2) is 98.3 Å². The van der Waals surface area contributed by atoms with Gasteiger partial charge in [-0.25, -0.2) is 4.57 Å². The molecule has 1 fully saturated rings. The molecule has 0 radical (unpaired) electrons. The highest BCUT2D eigenvalue weighted by atomic mass is 31.2. The van der Waals surface area contributed by atoms with Crippen molar-refractivity contribution in [1.82, 2.24) is 0 Å². The number of unbranched alkanes of at least 4 members (excludes halogenated alkanes) is 30. The van der Waals surface area contributed by atoms with Crippen molar-refractivity contribution in [3.63, 3.8) is 0 Å². The van der Waals surface area contributed by atoms with Gasteiger partial charge < -0.3 is 39.9 Å². The summed E-state index contributed by atoms with van der Waals surface area (Å²) in [6, 6.07) is 0. The van der Waals surface area contributed by atoms with Crippen LogP contribution >= 0.6 is 7.82 Å². The van der Waals surface area contributed by atoms with Gasteiger partial charge in [-0.2, -0.15) is 0 Å². The Balaban J connectivity index is 2.31. The molecule has 0 bridgehead atoms. The van der Waals surface area contributed by atoms with Gasteiger partial charge in [-0.3, -0.25) is 18.6 Å². The summed E-state index contributed by atoms with van der Waals surface area (Å²) < 4.78 is 33.6. The highest BCUT2D eigenvalue weighted by molar-refractivity contribution is 7.47.